The van der Waals surface area contributed by atoms with E-state index < -0.39 is 29.9 Å². The summed E-state index contributed by atoms with van der Waals surface area (Å²) in [5.74, 6) is -1.30. The van der Waals surface area contributed by atoms with E-state index in [1.54, 1.807) is 17.0 Å². The molecule has 3 N–H and O–H groups in total. The van der Waals surface area contributed by atoms with Gasteiger partial charge in [-0.25, -0.2) is 9.59 Å². The van der Waals surface area contributed by atoms with E-state index in [4.69, 9.17) is 28.5 Å². The molecule has 1 heterocycles. The minimum atomic E-state index is -1.44. The lowest BCUT2D eigenvalue weighted by Crippen LogP contribution is -2.70. The van der Waals surface area contributed by atoms with Crippen molar-refractivity contribution in [3.8, 4) is 11.5 Å². The average Bonchev–Trinajstić information content (AvgIpc) is 3.29. The number of unbranched alkanes of at least 4 members (excludes halogenated alkanes) is 2. The molecule has 3 aromatic carbocycles. The van der Waals surface area contributed by atoms with E-state index in [9.17, 15) is 19.8 Å². The van der Waals surface area contributed by atoms with Crippen LogP contribution in [0.2, 0.25) is 0 Å². The maximum absolute atomic E-state index is 14.4. The molecular formula is C49H63N3O10. The second-order valence-corrected chi connectivity index (χ2v) is 16.0. The van der Waals surface area contributed by atoms with Crippen molar-refractivity contribution in [2.24, 2.45) is 22.9 Å². The zero-order valence-electron chi connectivity index (χ0n) is 36.1. The molecular weight excluding hydrogens is 791 g/mol. The Morgan fingerprint density at radius 3 is 2.39 bits per heavy atom. The molecule has 2 aliphatic carbocycles. The molecule has 1 fully saturated rings. The fourth-order valence-corrected chi connectivity index (χ4v) is 9.39. The van der Waals surface area contributed by atoms with Crippen molar-refractivity contribution in [3.05, 3.63) is 120 Å². The number of nitrogens with zero attached hydrogens (tertiary/aromatic N) is 2. The van der Waals surface area contributed by atoms with Crippen molar-refractivity contribution in [2.75, 3.05) is 46.7 Å². The Hall–Kier alpha value is -5.21. The molecule has 6 atom stereocenters. The fraction of sp³-hybridized carbons (Fsp3) is 0.490. The van der Waals surface area contributed by atoms with Crippen molar-refractivity contribution in [3.63, 3.8) is 0 Å². The first-order chi connectivity index (χ1) is 30.4. The number of hydrogen-bond donors (Lipinski definition) is 3. The topological polar surface area (TPSA) is 158 Å². The van der Waals surface area contributed by atoms with Gasteiger partial charge in [0, 0.05) is 44.2 Å². The highest BCUT2D eigenvalue weighted by Crippen LogP contribution is 2.62. The number of amides is 2. The van der Waals surface area contributed by atoms with Gasteiger partial charge in [0.15, 0.2) is 0 Å². The SMILES string of the molecule is C=CCO[C@@]12Oc3ccc(OC(=O)NCc4ccccc4)cc3[C@H]3[C@H](CCCCO)[C@@H](CCCCO)C=C(C(=NOC)C[C@@H]1N(CCC)C(=O)OCCOCc1ccccc1)[C@H]32. The molecule has 6 rings (SSSR count). The number of carbonyl (C=O) groups excluding carboxylic acids is 2. The van der Waals surface area contributed by atoms with E-state index in [1.807, 2.05) is 79.7 Å². The number of carbonyl (C=O) groups is 2. The Morgan fingerprint density at radius 2 is 1.69 bits per heavy atom. The van der Waals surface area contributed by atoms with Crippen LogP contribution in [0.5, 0.6) is 11.5 Å². The van der Waals surface area contributed by atoms with E-state index in [0.29, 0.717) is 56.2 Å². The number of nitrogens with one attached hydrogen (secondary N) is 1. The van der Waals surface area contributed by atoms with E-state index in [-0.39, 0.29) is 57.2 Å². The summed E-state index contributed by atoms with van der Waals surface area (Å²) in [7, 11) is 1.52. The van der Waals surface area contributed by atoms with Gasteiger partial charge in [-0.15, -0.1) is 6.58 Å². The molecule has 0 radical (unpaired) electrons. The summed E-state index contributed by atoms with van der Waals surface area (Å²) >= 11 is 0. The lowest BCUT2D eigenvalue weighted by molar-refractivity contribution is -0.255. The molecule has 1 aliphatic heterocycles. The molecule has 334 valence electrons. The fourth-order valence-electron chi connectivity index (χ4n) is 9.39. The largest absolute Gasteiger partial charge is 0.459 e. The molecule has 2 amide bonds. The van der Waals surface area contributed by atoms with Crippen LogP contribution in [0.1, 0.15) is 80.9 Å². The lowest BCUT2D eigenvalue weighted by Gasteiger charge is -2.59. The van der Waals surface area contributed by atoms with Gasteiger partial charge in [0.25, 0.3) is 0 Å². The number of oxime groups is 1. The van der Waals surface area contributed by atoms with Crippen LogP contribution in [0, 0.1) is 17.8 Å². The van der Waals surface area contributed by atoms with Gasteiger partial charge < -0.3 is 44.1 Å². The Labute approximate surface area is 365 Å². The number of fused-ring (bicyclic) bond motifs is 2. The monoisotopic (exact) mass is 853 g/mol. The van der Waals surface area contributed by atoms with Gasteiger partial charge in [-0.2, -0.15) is 0 Å². The number of benzene rings is 3. The van der Waals surface area contributed by atoms with Gasteiger partial charge in [0.05, 0.1) is 31.5 Å². The second kappa shape index (κ2) is 23.3. The van der Waals surface area contributed by atoms with Gasteiger partial charge in [0.2, 0.25) is 5.79 Å². The Bertz CT molecular complexity index is 1960. The van der Waals surface area contributed by atoms with Gasteiger partial charge in [-0.3, -0.25) is 4.90 Å². The quantitative estimate of drug-likeness (QED) is 0.0482. The molecule has 3 aromatic rings. The zero-order chi connectivity index (χ0) is 43.7. The number of aliphatic hydroxyl groups excluding tert-OH is 2. The van der Waals surface area contributed by atoms with Gasteiger partial charge in [0.1, 0.15) is 31.3 Å². The predicted octanol–water partition coefficient (Wildman–Crippen LogP) is 8.30. The minimum Gasteiger partial charge on any atom is -0.459 e. The molecule has 0 bridgehead atoms. The Kier molecular flexibility index (Phi) is 17.4. The van der Waals surface area contributed by atoms with Gasteiger partial charge in [-0.05, 0) is 78.8 Å². The summed E-state index contributed by atoms with van der Waals surface area (Å²) in [5.41, 5.74) is 4.38. The second-order valence-electron chi connectivity index (χ2n) is 16.0. The van der Waals surface area contributed by atoms with E-state index in [0.717, 1.165) is 47.9 Å². The third kappa shape index (κ3) is 11.2. The molecule has 3 aliphatic rings. The first-order valence-electron chi connectivity index (χ1n) is 22.0. The normalized spacial score (nSPS) is 22.9. The maximum atomic E-state index is 14.4. The molecule has 13 heteroatoms. The lowest BCUT2D eigenvalue weighted by atomic mass is 9.55. The number of rotatable bonds is 23. The van der Waals surface area contributed by atoms with Crippen LogP contribution in [0.4, 0.5) is 9.59 Å². The first kappa shape index (κ1) is 46.3. The van der Waals surface area contributed by atoms with Crippen LogP contribution in [0.3, 0.4) is 0 Å². The van der Waals surface area contributed by atoms with Gasteiger partial charge in [-0.1, -0.05) is 97.7 Å². The predicted molar refractivity (Wildman–Crippen MR) is 236 cm³/mol. The highest BCUT2D eigenvalue weighted by atomic mass is 16.7. The first-order valence-corrected chi connectivity index (χ1v) is 22.0. The van der Waals surface area contributed by atoms with Crippen molar-refractivity contribution in [2.45, 2.75) is 89.2 Å². The number of ether oxygens (including phenoxy) is 5. The summed E-state index contributed by atoms with van der Waals surface area (Å²) in [4.78, 5) is 34.8. The number of aliphatic hydroxyl groups is 2. The minimum absolute atomic E-state index is 0.00129. The van der Waals surface area contributed by atoms with Gasteiger partial charge >= 0.3 is 12.2 Å². The average molecular weight is 854 g/mol. The van der Waals surface area contributed by atoms with Crippen molar-refractivity contribution >= 4 is 17.9 Å². The highest BCUT2D eigenvalue weighted by molar-refractivity contribution is 6.03. The maximum Gasteiger partial charge on any atom is 0.412 e. The van der Waals surface area contributed by atoms with Crippen LogP contribution >= 0.6 is 0 Å². The number of hydrogen-bond acceptors (Lipinski definition) is 11. The third-order valence-electron chi connectivity index (χ3n) is 12.0. The molecule has 13 nitrogen and oxygen atoms in total. The number of allylic oxidation sites excluding steroid dienone is 1. The summed E-state index contributed by atoms with van der Waals surface area (Å²) in [6.07, 6.45) is 8.13. The van der Waals surface area contributed by atoms with Crippen molar-refractivity contribution in [1.29, 1.82) is 0 Å². The van der Waals surface area contributed by atoms with E-state index >= 15 is 0 Å². The summed E-state index contributed by atoms with van der Waals surface area (Å²) < 4.78 is 31.9. The summed E-state index contributed by atoms with van der Waals surface area (Å²) in [5, 5.41) is 27.2. The Balaban J connectivity index is 1.41. The molecule has 0 saturated heterocycles. The molecule has 0 aromatic heterocycles. The van der Waals surface area contributed by atoms with Crippen LogP contribution in [0.25, 0.3) is 0 Å². The van der Waals surface area contributed by atoms with Crippen molar-refractivity contribution in [1.82, 2.24) is 10.2 Å². The third-order valence-corrected chi connectivity index (χ3v) is 12.0. The van der Waals surface area contributed by atoms with E-state index in [1.165, 1.54) is 7.11 Å². The molecule has 0 unspecified atom stereocenters. The zero-order valence-corrected chi connectivity index (χ0v) is 36.1. The standard InChI is InChI=1S/C49H63N3O10/c1-4-24-52(48(56)59-29-28-58-34-36-18-10-7-11-19-36)44-32-42(51-57-3)40-30-37(20-12-14-25-53)39(21-13-15-26-54)45-41-31-38(61-47(55)50-33-35-16-8-6-9-17-35)22-23-43(41)62-49(44,46(40)45)60-27-5-2/h5-11,16-19,22-23,30-31,37,39,44-46,53-54H,2,4,12-15,20-21,24-29,32-34H2,1,3H3,(H,50,55)/t37-,39+,44-,45+,46+,49+/m0/s1. The highest BCUT2D eigenvalue weighted by Gasteiger charge is 2.65. The molecule has 62 heavy (non-hydrogen) atoms. The summed E-state index contributed by atoms with van der Waals surface area (Å²) in [6, 6.07) is 24.1. The van der Waals surface area contributed by atoms with Crippen LogP contribution in [0.15, 0.2) is 108 Å². The molecule has 1 saturated carbocycles. The van der Waals surface area contributed by atoms with Crippen LogP contribution in [-0.2, 0) is 32.2 Å². The molecule has 0 spiro atoms. The Morgan fingerprint density at radius 1 is 0.968 bits per heavy atom. The van der Waals surface area contributed by atoms with E-state index in [2.05, 4.69) is 23.1 Å². The summed E-state index contributed by atoms with van der Waals surface area (Å²) in [6.45, 7) is 7.58. The van der Waals surface area contributed by atoms with Crippen LogP contribution in [-0.4, -0.2) is 91.5 Å². The smallest absolute Gasteiger partial charge is 0.412 e. The van der Waals surface area contributed by atoms with Crippen LogP contribution < -0.4 is 14.8 Å². The van der Waals surface area contributed by atoms with Crippen molar-refractivity contribution < 1.29 is 48.3 Å².